The second kappa shape index (κ2) is 3.92. The third-order valence-electron chi connectivity index (χ3n) is 2.08. The maximum Gasteiger partial charge on any atom is -0.0219 e. The molecule has 1 rings (SSSR count). The molecule has 1 N–H and O–H groups in total. The van der Waals surface area contributed by atoms with E-state index in [-0.39, 0.29) is 0 Å². The van der Waals surface area contributed by atoms with E-state index in [2.05, 4.69) is 13.8 Å². The van der Waals surface area contributed by atoms with Crippen molar-refractivity contribution in [3.05, 3.63) is 29.3 Å². The van der Waals surface area contributed by atoms with E-state index in [9.17, 15) is 4.21 Å². The van der Waals surface area contributed by atoms with Crippen LogP contribution in [0, 0.1) is 11.7 Å². The summed E-state index contributed by atoms with van der Waals surface area (Å²) in [7, 11) is -1.62. The summed E-state index contributed by atoms with van der Waals surface area (Å²) in [5, 5.41) is 0. The van der Waals surface area contributed by atoms with Crippen LogP contribution in [-0.4, -0.2) is 0 Å². The van der Waals surface area contributed by atoms with Crippen LogP contribution in [0.1, 0.15) is 30.9 Å². The van der Waals surface area contributed by atoms with Gasteiger partial charge in [-0.1, -0.05) is 42.5 Å². The first-order valence-electron chi connectivity index (χ1n) is 4.26. The fraction of sp³-hybridized carbons (Fsp3) is 0.400. The van der Waals surface area contributed by atoms with Gasteiger partial charge >= 0.3 is 0 Å². The van der Waals surface area contributed by atoms with Crippen LogP contribution in [0.2, 0.25) is 0 Å². The molecule has 0 radical (unpaired) electrons. The summed E-state index contributed by atoms with van der Waals surface area (Å²) in [6.45, 7) is 6.05. The molecule has 0 spiro atoms. The monoisotopic (exact) mass is 196 g/mol. The van der Waals surface area contributed by atoms with Crippen LogP contribution < -0.4 is 0 Å². The third-order valence-corrected chi connectivity index (χ3v) is 2.92. The minimum Gasteiger partial charge on any atom is -0.440 e. The van der Waals surface area contributed by atoms with E-state index >= 15 is 0 Å². The van der Waals surface area contributed by atoms with Gasteiger partial charge < -0.3 is 8.99 Å². The lowest BCUT2D eigenvalue weighted by Gasteiger charge is -2.12. The van der Waals surface area contributed by atoms with E-state index in [4.69, 9.17) is 4.78 Å². The Morgan fingerprint density at radius 2 is 2.00 bits per heavy atom. The summed E-state index contributed by atoms with van der Waals surface area (Å²) in [6.07, 6.45) is 0. The van der Waals surface area contributed by atoms with E-state index in [1.165, 1.54) is 0 Å². The van der Waals surface area contributed by atoms with Crippen LogP contribution >= 0.6 is 0 Å². The van der Waals surface area contributed by atoms with Crippen molar-refractivity contribution in [2.24, 2.45) is 0 Å². The molecule has 1 aromatic rings. The molecule has 72 valence electrons. The summed E-state index contributed by atoms with van der Waals surface area (Å²) < 4.78 is 18.2. The first kappa shape index (κ1) is 10.3. The quantitative estimate of drug-likeness (QED) is 0.725. The average Bonchev–Trinajstić information content (AvgIpc) is 2.04. The Hall–Kier alpha value is -0.830. The van der Waals surface area contributed by atoms with Gasteiger partial charge in [0.15, 0.2) is 0 Å². The Morgan fingerprint density at radius 1 is 1.38 bits per heavy atom. The Balaban J connectivity index is 3.27. The maximum atomic E-state index is 11.0. The fourth-order valence-electron chi connectivity index (χ4n) is 1.18. The summed E-state index contributed by atoms with van der Waals surface area (Å²) >= 11 is 0. The van der Waals surface area contributed by atoms with Crippen molar-refractivity contribution < 1.29 is 4.21 Å². The topological polar surface area (TPSA) is 40.9 Å². The third kappa shape index (κ3) is 2.31. The smallest absolute Gasteiger partial charge is 0.0219 e. The summed E-state index contributed by atoms with van der Waals surface area (Å²) in [4.78, 5) is 0.631. The standard InChI is InChI=1S/C10H14NOS/c1-7(2)9-5-4-8(3)10(6-9)13(11)12/h4-7,11H,1-3H3/q-1. The molecule has 0 aliphatic rings. The van der Waals surface area contributed by atoms with Crippen molar-refractivity contribution in [1.82, 2.24) is 0 Å². The molecule has 0 atom stereocenters. The first-order chi connectivity index (χ1) is 6.02. The van der Waals surface area contributed by atoms with Crippen LogP contribution in [0.15, 0.2) is 23.1 Å². The van der Waals surface area contributed by atoms with Crippen molar-refractivity contribution >= 4 is 10.6 Å². The maximum absolute atomic E-state index is 11.0. The van der Waals surface area contributed by atoms with Crippen LogP contribution in [0.4, 0.5) is 0 Å². The molecule has 0 bridgehead atoms. The summed E-state index contributed by atoms with van der Waals surface area (Å²) in [5.41, 5.74) is 2.07. The van der Waals surface area contributed by atoms with E-state index in [1.54, 1.807) is 0 Å². The highest BCUT2D eigenvalue weighted by atomic mass is 32.2. The van der Waals surface area contributed by atoms with Gasteiger partial charge in [0.05, 0.1) is 0 Å². The van der Waals surface area contributed by atoms with Gasteiger partial charge in [0, 0.05) is 0 Å². The first-order valence-corrected chi connectivity index (χ1v) is 5.41. The molecule has 0 aliphatic heterocycles. The largest absolute Gasteiger partial charge is 0.440 e. The normalized spacial score (nSPS) is 11.2. The Bertz CT molecular complexity index is 373. The molecule has 0 aromatic heterocycles. The molecule has 0 heterocycles. The van der Waals surface area contributed by atoms with E-state index in [0.717, 1.165) is 11.1 Å². The van der Waals surface area contributed by atoms with Crippen LogP contribution in [0.5, 0.6) is 0 Å². The van der Waals surface area contributed by atoms with E-state index < -0.39 is 10.6 Å². The zero-order chi connectivity index (χ0) is 10.0. The van der Waals surface area contributed by atoms with Gasteiger partial charge in [0.1, 0.15) is 0 Å². The van der Waals surface area contributed by atoms with Gasteiger partial charge in [-0.25, -0.2) is 0 Å². The van der Waals surface area contributed by atoms with Crippen LogP contribution in [0.3, 0.4) is 0 Å². The lowest BCUT2D eigenvalue weighted by molar-refractivity contribution is 0.598. The zero-order valence-corrected chi connectivity index (χ0v) is 8.94. The molecule has 2 nitrogen and oxygen atoms in total. The highest BCUT2D eigenvalue weighted by Gasteiger charge is 1.99. The number of hydrogen-bond donors (Lipinski definition) is 1. The minimum absolute atomic E-state index is 0.419. The van der Waals surface area contributed by atoms with Gasteiger partial charge in [-0.15, -0.1) is 0 Å². The van der Waals surface area contributed by atoms with Gasteiger partial charge in [0.25, 0.3) is 0 Å². The van der Waals surface area contributed by atoms with E-state index in [1.807, 2.05) is 25.1 Å². The second-order valence-corrected chi connectivity index (χ2v) is 4.43. The number of nitrogens with one attached hydrogen (secondary N) is 1. The lowest BCUT2D eigenvalue weighted by Crippen LogP contribution is -1.91. The minimum atomic E-state index is -1.62. The number of benzene rings is 1. The molecule has 0 saturated heterocycles. The van der Waals surface area contributed by atoms with Gasteiger partial charge in [0.2, 0.25) is 0 Å². The molecule has 0 aliphatic carbocycles. The molecule has 1 aromatic carbocycles. The Morgan fingerprint density at radius 3 is 2.46 bits per heavy atom. The molecule has 13 heavy (non-hydrogen) atoms. The lowest BCUT2D eigenvalue weighted by atomic mass is 10.0. The van der Waals surface area contributed by atoms with E-state index in [0.29, 0.717) is 10.8 Å². The average molecular weight is 196 g/mol. The second-order valence-electron chi connectivity index (χ2n) is 3.45. The molecule has 0 fully saturated rings. The van der Waals surface area contributed by atoms with Crippen LogP contribution in [0.25, 0.3) is 0 Å². The summed E-state index contributed by atoms with van der Waals surface area (Å²) in [5.74, 6) is 0.419. The Labute approximate surface area is 81.0 Å². The van der Waals surface area contributed by atoms with Crippen molar-refractivity contribution in [1.29, 1.82) is 4.78 Å². The van der Waals surface area contributed by atoms with Crippen molar-refractivity contribution in [3.8, 4) is 0 Å². The van der Waals surface area contributed by atoms with Crippen molar-refractivity contribution in [3.63, 3.8) is 0 Å². The predicted octanol–water partition coefficient (Wildman–Crippen LogP) is 3.20. The predicted molar refractivity (Wildman–Crippen MR) is 54.3 cm³/mol. The van der Waals surface area contributed by atoms with Crippen LogP contribution in [-0.2, 0) is 14.8 Å². The van der Waals surface area contributed by atoms with Gasteiger partial charge in [-0.3, -0.25) is 0 Å². The molecule has 0 amide bonds. The van der Waals surface area contributed by atoms with Gasteiger partial charge in [-0.2, -0.15) is 10.6 Å². The summed E-state index contributed by atoms with van der Waals surface area (Å²) in [6, 6.07) is 5.82. The number of rotatable bonds is 2. The van der Waals surface area contributed by atoms with Crippen molar-refractivity contribution in [2.45, 2.75) is 31.6 Å². The molecule has 0 unspecified atom stereocenters. The number of hydrogen-bond acceptors (Lipinski definition) is 3. The SMILES string of the molecule is Cc1ccc(C(C)C)cc1[S-](=N)=O. The molecular weight excluding hydrogens is 182 g/mol. The molecule has 0 saturated carbocycles. The number of aryl methyl sites for hydroxylation is 1. The van der Waals surface area contributed by atoms with Gasteiger partial charge in [-0.05, 0) is 18.4 Å². The molecule has 3 heteroatoms. The molecular formula is C10H14NOS-. The Kier molecular flexibility index (Phi) is 3.09. The van der Waals surface area contributed by atoms with Crippen molar-refractivity contribution in [2.75, 3.05) is 0 Å². The highest BCUT2D eigenvalue weighted by molar-refractivity contribution is 7.73. The zero-order valence-electron chi connectivity index (χ0n) is 8.13. The highest BCUT2D eigenvalue weighted by Crippen LogP contribution is 2.19. The fourth-order valence-corrected chi connectivity index (χ4v) is 1.78.